The number of methoxy groups -OCH3 is 2. The van der Waals surface area contributed by atoms with Crippen molar-refractivity contribution in [2.75, 3.05) is 14.2 Å². The van der Waals surface area contributed by atoms with Crippen molar-refractivity contribution in [2.24, 2.45) is 4.99 Å². The van der Waals surface area contributed by atoms with Crippen LogP contribution in [-0.2, 0) is 9.47 Å². The minimum absolute atomic E-state index is 0.227. The van der Waals surface area contributed by atoms with Crippen molar-refractivity contribution in [1.29, 1.82) is 5.41 Å². The Balaban J connectivity index is 4.35. The first-order valence-corrected chi connectivity index (χ1v) is 3.32. The molecular formula is C7H14N2O2. The molecule has 0 aromatic carbocycles. The van der Waals surface area contributed by atoms with Gasteiger partial charge < -0.3 is 9.47 Å². The summed E-state index contributed by atoms with van der Waals surface area (Å²) in [5.41, 5.74) is 0. The van der Waals surface area contributed by atoms with Crippen LogP contribution in [0.5, 0.6) is 0 Å². The smallest absolute Gasteiger partial charge is 0.187 e. The van der Waals surface area contributed by atoms with E-state index in [-0.39, 0.29) is 6.04 Å². The molecule has 0 rings (SSSR count). The Morgan fingerprint density at radius 1 is 1.45 bits per heavy atom. The average Bonchev–Trinajstić information content (AvgIpc) is 2.03. The maximum absolute atomic E-state index is 6.64. The van der Waals surface area contributed by atoms with Crippen LogP contribution >= 0.6 is 0 Å². The molecule has 4 nitrogen and oxygen atoms in total. The van der Waals surface area contributed by atoms with E-state index in [0.29, 0.717) is 0 Å². The van der Waals surface area contributed by atoms with E-state index in [9.17, 15) is 0 Å². The third-order valence-electron chi connectivity index (χ3n) is 1.83. The molecule has 4 heteroatoms. The predicted octanol–water partition coefficient (Wildman–Crippen LogP) is 1.14. The van der Waals surface area contributed by atoms with Gasteiger partial charge in [0.05, 0.1) is 6.01 Å². The lowest BCUT2D eigenvalue weighted by Crippen LogP contribution is -2.40. The van der Waals surface area contributed by atoms with Gasteiger partial charge in [-0.25, -0.2) is 10.4 Å². The molecule has 0 aromatic rings. The van der Waals surface area contributed by atoms with Gasteiger partial charge in [-0.1, -0.05) is 0 Å². The van der Waals surface area contributed by atoms with Crippen molar-refractivity contribution >= 4 is 6.01 Å². The molecule has 0 heterocycles. The zero-order valence-corrected chi connectivity index (χ0v) is 7.34. The molecule has 1 atom stereocenters. The first-order valence-electron chi connectivity index (χ1n) is 3.32. The average molecular weight is 158 g/mol. The predicted molar refractivity (Wildman–Crippen MR) is 42.0 cm³/mol. The Morgan fingerprint density at radius 3 is 2.18 bits per heavy atom. The molecule has 0 bridgehead atoms. The number of hydrogen-bond acceptors (Lipinski definition) is 4. The minimum Gasteiger partial charge on any atom is -0.351 e. The summed E-state index contributed by atoms with van der Waals surface area (Å²) in [4.78, 5) is 3.70. The number of aliphatic imine (C=N–C) groups is 1. The van der Waals surface area contributed by atoms with Crippen LogP contribution in [0.2, 0.25) is 0 Å². The second kappa shape index (κ2) is 4.23. The summed E-state index contributed by atoms with van der Waals surface area (Å²) in [5, 5.41) is 6.64. The monoisotopic (exact) mass is 158 g/mol. The van der Waals surface area contributed by atoms with E-state index in [4.69, 9.17) is 14.9 Å². The number of nitrogens with zero attached hydrogens (tertiary/aromatic N) is 1. The van der Waals surface area contributed by atoms with Crippen LogP contribution in [0.25, 0.3) is 0 Å². The normalized spacial score (nSPS) is 13.8. The first-order chi connectivity index (χ1) is 5.10. The van der Waals surface area contributed by atoms with Gasteiger partial charge in [-0.2, -0.15) is 0 Å². The summed E-state index contributed by atoms with van der Waals surface area (Å²) < 4.78 is 10.1. The van der Waals surface area contributed by atoms with E-state index in [2.05, 4.69) is 4.99 Å². The Kier molecular flexibility index (Phi) is 3.97. The van der Waals surface area contributed by atoms with Crippen LogP contribution < -0.4 is 0 Å². The van der Waals surface area contributed by atoms with E-state index in [0.717, 1.165) is 0 Å². The summed E-state index contributed by atoms with van der Waals surface area (Å²) in [5.74, 6) is -0.756. The quantitative estimate of drug-likeness (QED) is 0.492. The van der Waals surface area contributed by atoms with Crippen molar-refractivity contribution < 1.29 is 9.47 Å². The van der Waals surface area contributed by atoms with Crippen LogP contribution in [0, 0.1) is 5.41 Å². The summed E-state index contributed by atoms with van der Waals surface area (Å²) in [6.45, 7) is 3.56. The molecule has 11 heavy (non-hydrogen) atoms. The topological polar surface area (TPSA) is 54.7 Å². The fraction of sp³-hybridized carbons (Fsp3) is 0.857. The van der Waals surface area contributed by atoms with Gasteiger partial charge in [0.2, 0.25) is 0 Å². The highest BCUT2D eigenvalue weighted by atomic mass is 16.7. The van der Waals surface area contributed by atoms with Crippen molar-refractivity contribution in [3.05, 3.63) is 0 Å². The van der Waals surface area contributed by atoms with Gasteiger partial charge >= 0.3 is 0 Å². The van der Waals surface area contributed by atoms with Crippen molar-refractivity contribution in [1.82, 2.24) is 0 Å². The Morgan fingerprint density at radius 2 is 1.91 bits per heavy atom. The second-order valence-electron chi connectivity index (χ2n) is 2.34. The fourth-order valence-corrected chi connectivity index (χ4v) is 0.639. The Hall–Kier alpha value is -0.700. The first kappa shape index (κ1) is 10.3. The molecule has 0 aliphatic carbocycles. The molecule has 0 aliphatic rings. The van der Waals surface area contributed by atoms with Crippen LogP contribution in [0.15, 0.2) is 4.99 Å². The zero-order chi connectivity index (χ0) is 8.91. The van der Waals surface area contributed by atoms with Gasteiger partial charge in [0.15, 0.2) is 5.79 Å². The third-order valence-corrected chi connectivity index (χ3v) is 1.83. The summed E-state index contributed by atoms with van der Waals surface area (Å²) >= 11 is 0. The molecule has 1 N–H and O–H groups in total. The summed E-state index contributed by atoms with van der Waals surface area (Å²) in [6, 6.07) is 1.73. The van der Waals surface area contributed by atoms with Gasteiger partial charge in [0, 0.05) is 14.2 Å². The van der Waals surface area contributed by atoms with E-state index < -0.39 is 5.79 Å². The molecule has 0 amide bonds. The fourth-order valence-electron chi connectivity index (χ4n) is 0.639. The highest BCUT2D eigenvalue weighted by Gasteiger charge is 2.30. The Bertz CT molecular complexity index is 160. The SMILES string of the molecule is COC(C)(OC)C(C)N=C=N. The van der Waals surface area contributed by atoms with Gasteiger partial charge in [-0.05, 0) is 13.8 Å². The molecule has 0 saturated carbocycles. The highest BCUT2D eigenvalue weighted by Crippen LogP contribution is 2.17. The zero-order valence-electron chi connectivity index (χ0n) is 7.34. The molecule has 0 saturated heterocycles. The van der Waals surface area contributed by atoms with E-state index >= 15 is 0 Å². The summed E-state index contributed by atoms with van der Waals surface area (Å²) in [7, 11) is 3.08. The van der Waals surface area contributed by atoms with Crippen molar-refractivity contribution in [3.63, 3.8) is 0 Å². The van der Waals surface area contributed by atoms with Crippen LogP contribution in [0.1, 0.15) is 13.8 Å². The summed E-state index contributed by atoms with van der Waals surface area (Å²) in [6.07, 6.45) is 0. The maximum Gasteiger partial charge on any atom is 0.187 e. The van der Waals surface area contributed by atoms with E-state index in [1.54, 1.807) is 28.1 Å². The molecule has 0 fully saturated rings. The largest absolute Gasteiger partial charge is 0.351 e. The maximum atomic E-state index is 6.64. The van der Waals surface area contributed by atoms with Gasteiger partial charge in [-0.3, -0.25) is 0 Å². The molecule has 0 aromatic heterocycles. The number of ether oxygens (including phenoxy) is 2. The lowest BCUT2D eigenvalue weighted by molar-refractivity contribution is -0.202. The standard InChI is InChI=1S/C7H14N2O2/c1-6(9-5-8)7(2,10-3)11-4/h6,8H,1-4H3. The molecule has 0 radical (unpaired) electrons. The van der Waals surface area contributed by atoms with Crippen molar-refractivity contribution in [3.8, 4) is 0 Å². The van der Waals surface area contributed by atoms with Crippen LogP contribution in [-0.4, -0.2) is 32.1 Å². The Labute approximate surface area is 66.7 Å². The second-order valence-corrected chi connectivity index (χ2v) is 2.34. The van der Waals surface area contributed by atoms with E-state index in [1.807, 2.05) is 6.01 Å². The lowest BCUT2D eigenvalue weighted by Gasteiger charge is -2.29. The van der Waals surface area contributed by atoms with Crippen LogP contribution in [0.3, 0.4) is 0 Å². The minimum atomic E-state index is -0.756. The molecular weight excluding hydrogens is 144 g/mol. The lowest BCUT2D eigenvalue weighted by atomic mass is 10.1. The van der Waals surface area contributed by atoms with Crippen molar-refractivity contribution in [2.45, 2.75) is 25.7 Å². The number of rotatable bonds is 4. The van der Waals surface area contributed by atoms with Crippen LogP contribution in [0.4, 0.5) is 0 Å². The number of nitrogens with one attached hydrogen (secondary N) is 1. The number of hydrogen-bond donors (Lipinski definition) is 1. The molecule has 0 aliphatic heterocycles. The molecule has 64 valence electrons. The third kappa shape index (κ3) is 2.42. The molecule has 1 unspecified atom stereocenters. The highest BCUT2D eigenvalue weighted by molar-refractivity contribution is 5.36. The van der Waals surface area contributed by atoms with Gasteiger partial charge in [-0.15, -0.1) is 0 Å². The van der Waals surface area contributed by atoms with Gasteiger partial charge in [0.1, 0.15) is 6.04 Å². The van der Waals surface area contributed by atoms with E-state index in [1.165, 1.54) is 0 Å². The van der Waals surface area contributed by atoms with Gasteiger partial charge in [0.25, 0.3) is 0 Å². The molecule has 0 spiro atoms.